The van der Waals surface area contributed by atoms with E-state index in [9.17, 15) is 9.59 Å². The Labute approximate surface area is 73.3 Å². The van der Waals surface area contributed by atoms with Gasteiger partial charge >= 0.3 is 5.97 Å². The van der Waals surface area contributed by atoms with Crippen LogP contribution in [-0.4, -0.2) is 22.5 Å². The monoisotopic (exact) mass is 181 g/mol. The number of nitrogens with zero attached hydrogens (tertiary/aromatic N) is 1. The van der Waals surface area contributed by atoms with E-state index >= 15 is 0 Å². The van der Waals surface area contributed by atoms with Crippen molar-refractivity contribution in [3.05, 3.63) is 17.0 Å². The predicted octanol–water partition coefficient (Wildman–Crippen LogP) is 1.06. The lowest BCUT2D eigenvalue weighted by atomic mass is 10.1. The van der Waals surface area contributed by atoms with Crippen LogP contribution in [0.15, 0.2) is 4.52 Å². The SMILES string of the molecule is O=Cc1noc(C2CC2)c1C(=O)O. The van der Waals surface area contributed by atoms with Gasteiger partial charge in [-0.05, 0) is 12.8 Å². The van der Waals surface area contributed by atoms with E-state index in [1.807, 2.05) is 0 Å². The first-order chi connectivity index (χ1) is 6.24. The number of carbonyl (C=O) groups is 2. The molecule has 1 heterocycles. The van der Waals surface area contributed by atoms with E-state index < -0.39 is 5.97 Å². The van der Waals surface area contributed by atoms with Gasteiger partial charge in [0.15, 0.2) is 17.7 Å². The molecule has 0 amide bonds. The van der Waals surface area contributed by atoms with Crippen LogP contribution in [0.2, 0.25) is 0 Å². The zero-order valence-electron chi connectivity index (χ0n) is 6.69. The van der Waals surface area contributed by atoms with E-state index in [0.717, 1.165) is 12.8 Å². The van der Waals surface area contributed by atoms with Crippen molar-refractivity contribution in [2.75, 3.05) is 0 Å². The lowest BCUT2D eigenvalue weighted by Crippen LogP contribution is -2.02. The molecule has 0 radical (unpaired) electrons. The minimum absolute atomic E-state index is 0.0718. The minimum atomic E-state index is -1.15. The standard InChI is InChI=1S/C8H7NO4/c10-3-5-6(8(11)12)7(13-9-5)4-1-2-4/h3-4H,1-2H2,(H,11,12). The molecule has 0 bridgehead atoms. The first-order valence-corrected chi connectivity index (χ1v) is 3.92. The molecule has 0 unspecified atom stereocenters. The van der Waals surface area contributed by atoms with E-state index in [4.69, 9.17) is 9.63 Å². The molecule has 0 saturated heterocycles. The molecule has 1 aliphatic carbocycles. The maximum absolute atomic E-state index is 10.7. The molecule has 0 atom stereocenters. The topological polar surface area (TPSA) is 80.4 Å². The van der Waals surface area contributed by atoms with Crippen LogP contribution in [0.1, 0.15) is 45.4 Å². The quantitative estimate of drug-likeness (QED) is 0.705. The maximum Gasteiger partial charge on any atom is 0.341 e. The van der Waals surface area contributed by atoms with Crippen molar-refractivity contribution in [2.24, 2.45) is 0 Å². The van der Waals surface area contributed by atoms with Crippen molar-refractivity contribution >= 4 is 12.3 Å². The number of carboxylic acid groups (broad SMARTS) is 1. The molecule has 1 fully saturated rings. The van der Waals surface area contributed by atoms with Crippen LogP contribution >= 0.6 is 0 Å². The van der Waals surface area contributed by atoms with Gasteiger partial charge < -0.3 is 9.63 Å². The third-order valence-corrected chi connectivity index (χ3v) is 2.02. The van der Waals surface area contributed by atoms with Crippen molar-refractivity contribution in [3.8, 4) is 0 Å². The Morgan fingerprint density at radius 1 is 1.62 bits per heavy atom. The Kier molecular flexibility index (Phi) is 1.65. The third-order valence-electron chi connectivity index (χ3n) is 2.02. The van der Waals surface area contributed by atoms with Gasteiger partial charge in [0.1, 0.15) is 5.56 Å². The number of aromatic carboxylic acids is 1. The molecule has 0 aliphatic heterocycles. The fourth-order valence-corrected chi connectivity index (χ4v) is 1.24. The highest BCUT2D eigenvalue weighted by Gasteiger charge is 2.34. The van der Waals surface area contributed by atoms with Crippen LogP contribution in [0.5, 0.6) is 0 Å². The summed E-state index contributed by atoms with van der Waals surface area (Å²) in [4.78, 5) is 21.1. The normalized spacial score (nSPS) is 15.7. The molecule has 1 aromatic rings. The Hall–Kier alpha value is -1.65. The van der Waals surface area contributed by atoms with Gasteiger partial charge in [0.25, 0.3) is 0 Å². The highest BCUT2D eigenvalue weighted by molar-refractivity contribution is 5.96. The molecule has 5 nitrogen and oxygen atoms in total. The average Bonchev–Trinajstić information content (AvgIpc) is 2.84. The minimum Gasteiger partial charge on any atom is -0.477 e. The van der Waals surface area contributed by atoms with E-state index in [0.29, 0.717) is 12.0 Å². The second-order valence-corrected chi connectivity index (χ2v) is 3.00. The van der Waals surface area contributed by atoms with Gasteiger partial charge in [0.05, 0.1) is 0 Å². The molecule has 1 saturated carbocycles. The second kappa shape index (κ2) is 2.69. The van der Waals surface area contributed by atoms with E-state index in [1.54, 1.807) is 0 Å². The molecule has 2 rings (SSSR count). The number of hydrogen-bond donors (Lipinski definition) is 1. The molecule has 0 aromatic carbocycles. The number of aromatic nitrogens is 1. The molecule has 1 aromatic heterocycles. The lowest BCUT2D eigenvalue weighted by Gasteiger charge is -1.91. The van der Waals surface area contributed by atoms with Crippen molar-refractivity contribution in [3.63, 3.8) is 0 Å². The molecular weight excluding hydrogens is 174 g/mol. The molecular formula is C8H7NO4. The Morgan fingerprint density at radius 2 is 2.31 bits per heavy atom. The van der Waals surface area contributed by atoms with Gasteiger partial charge in [-0.2, -0.15) is 0 Å². The maximum atomic E-state index is 10.7. The van der Waals surface area contributed by atoms with Crippen molar-refractivity contribution < 1.29 is 19.2 Å². The largest absolute Gasteiger partial charge is 0.477 e. The highest BCUT2D eigenvalue weighted by atomic mass is 16.5. The number of hydrogen-bond acceptors (Lipinski definition) is 4. The molecule has 1 N–H and O–H groups in total. The Balaban J connectivity index is 2.49. The van der Waals surface area contributed by atoms with Crippen molar-refractivity contribution in [1.82, 2.24) is 5.16 Å². The zero-order valence-corrected chi connectivity index (χ0v) is 6.69. The fourth-order valence-electron chi connectivity index (χ4n) is 1.24. The Bertz CT molecular complexity index is 364. The number of carbonyl (C=O) groups excluding carboxylic acids is 1. The van der Waals surface area contributed by atoms with Crippen LogP contribution in [-0.2, 0) is 0 Å². The third kappa shape index (κ3) is 1.22. The van der Waals surface area contributed by atoms with E-state index in [1.165, 1.54) is 0 Å². The molecule has 1 aliphatic rings. The number of carboxylic acids is 1. The number of rotatable bonds is 3. The second-order valence-electron chi connectivity index (χ2n) is 3.00. The fraction of sp³-hybridized carbons (Fsp3) is 0.375. The van der Waals surface area contributed by atoms with Gasteiger partial charge in [0.2, 0.25) is 0 Å². The van der Waals surface area contributed by atoms with Gasteiger partial charge in [-0.1, -0.05) is 5.16 Å². The predicted molar refractivity (Wildman–Crippen MR) is 40.8 cm³/mol. The number of aldehydes is 1. The lowest BCUT2D eigenvalue weighted by molar-refractivity contribution is 0.0691. The molecule has 5 heteroatoms. The van der Waals surface area contributed by atoms with Gasteiger partial charge in [0, 0.05) is 5.92 Å². The van der Waals surface area contributed by atoms with Crippen LogP contribution in [0.25, 0.3) is 0 Å². The summed E-state index contributed by atoms with van der Waals surface area (Å²) in [5.74, 6) is -0.660. The smallest absolute Gasteiger partial charge is 0.341 e. The molecule has 0 spiro atoms. The van der Waals surface area contributed by atoms with Crippen LogP contribution < -0.4 is 0 Å². The summed E-state index contributed by atoms with van der Waals surface area (Å²) in [5.41, 5.74) is -0.188. The summed E-state index contributed by atoms with van der Waals surface area (Å²) < 4.78 is 4.81. The van der Waals surface area contributed by atoms with Crippen molar-refractivity contribution in [2.45, 2.75) is 18.8 Å². The van der Waals surface area contributed by atoms with Gasteiger partial charge in [-0.15, -0.1) is 0 Å². The highest BCUT2D eigenvalue weighted by Crippen LogP contribution is 2.42. The summed E-state index contributed by atoms with van der Waals surface area (Å²) in [6.45, 7) is 0. The first-order valence-electron chi connectivity index (χ1n) is 3.92. The molecule has 68 valence electrons. The summed E-state index contributed by atoms with van der Waals surface area (Å²) >= 11 is 0. The summed E-state index contributed by atoms with van der Waals surface area (Å²) in [6.07, 6.45) is 2.22. The van der Waals surface area contributed by atoms with Gasteiger partial charge in [-0.3, -0.25) is 4.79 Å². The average molecular weight is 181 g/mol. The van der Waals surface area contributed by atoms with Crippen LogP contribution in [0.4, 0.5) is 0 Å². The van der Waals surface area contributed by atoms with E-state index in [-0.39, 0.29) is 17.2 Å². The first kappa shape index (κ1) is 7.97. The van der Waals surface area contributed by atoms with Crippen LogP contribution in [0, 0.1) is 0 Å². The summed E-state index contributed by atoms with van der Waals surface area (Å²) in [5, 5.41) is 12.2. The van der Waals surface area contributed by atoms with E-state index in [2.05, 4.69) is 5.16 Å². The van der Waals surface area contributed by atoms with Gasteiger partial charge in [-0.25, -0.2) is 4.79 Å². The summed E-state index contributed by atoms with van der Waals surface area (Å²) in [7, 11) is 0. The zero-order chi connectivity index (χ0) is 9.42. The summed E-state index contributed by atoms with van der Waals surface area (Å²) in [6, 6.07) is 0. The van der Waals surface area contributed by atoms with Crippen LogP contribution in [0.3, 0.4) is 0 Å². The van der Waals surface area contributed by atoms with Crippen molar-refractivity contribution in [1.29, 1.82) is 0 Å². The Morgan fingerprint density at radius 3 is 2.77 bits per heavy atom. The molecule has 13 heavy (non-hydrogen) atoms.